The highest BCUT2D eigenvalue weighted by molar-refractivity contribution is 5.89. The van der Waals surface area contributed by atoms with Crippen LogP contribution in [0.3, 0.4) is 0 Å². The number of hydrogen-bond acceptors (Lipinski definition) is 3. The molecule has 4 nitrogen and oxygen atoms in total. The molecule has 0 spiro atoms. The van der Waals surface area contributed by atoms with Crippen LogP contribution < -0.4 is 5.73 Å². The summed E-state index contributed by atoms with van der Waals surface area (Å²) in [7, 11) is 1.78. The second-order valence-corrected chi connectivity index (χ2v) is 3.81. The number of carbonyl (C=O) groups excluding carboxylic acids is 1. The first-order chi connectivity index (χ1) is 6.66. The van der Waals surface area contributed by atoms with Crippen molar-refractivity contribution in [2.75, 3.05) is 12.3 Å². The van der Waals surface area contributed by atoms with E-state index in [-0.39, 0.29) is 5.97 Å². The Balaban J connectivity index is 1.98. The van der Waals surface area contributed by atoms with E-state index in [9.17, 15) is 4.79 Å². The molecule has 0 radical (unpaired) electrons. The zero-order chi connectivity index (χ0) is 10.1. The Bertz CT molecular complexity index is 353. The molecule has 14 heavy (non-hydrogen) atoms. The first-order valence-electron chi connectivity index (χ1n) is 4.76. The first kappa shape index (κ1) is 9.12. The smallest absolute Gasteiger partial charge is 0.355 e. The summed E-state index contributed by atoms with van der Waals surface area (Å²) < 4.78 is 6.82. The van der Waals surface area contributed by atoms with E-state index in [0.717, 1.165) is 0 Å². The molecule has 1 heterocycles. The van der Waals surface area contributed by atoms with Crippen LogP contribution in [0.5, 0.6) is 0 Å². The van der Waals surface area contributed by atoms with Gasteiger partial charge in [-0.1, -0.05) is 0 Å². The topological polar surface area (TPSA) is 57.2 Å². The third kappa shape index (κ3) is 1.89. The van der Waals surface area contributed by atoms with Gasteiger partial charge in [0.15, 0.2) is 0 Å². The molecule has 0 aliphatic heterocycles. The van der Waals surface area contributed by atoms with Crippen LogP contribution in [0.1, 0.15) is 23.3 Å². The number of aromatic nitrogens is 1. The molecule has 0 bridgehead atoms. The molecule has 0 atom stereocenters. The number of nitrogen functional groups attached to an aromatic ring is 1. The van der Waals surface area contributed by atoms with Crippen molar-refractivity contribution in [3.05, 3.63) is 18.0 Å². The Kier molecular flexibility index (Phi) is 2.19. The standard InChI is InChI=1S/C10H14N2O2/c1-12-5-8(11)4-9(12)10(13)14-6-7-2-3-7/h4-5,7H,2-3,6,11H2,1H3. The van der Waals surface area contributed by atoms with Crippen molar-refractivity contribution in [2.24, 2.45) is 13.0 Å². The molecule has 76 valence electrons. The van der Waals surface area contributed by atoms with E-state index in [1.54, 1.807) is 23.9 Å². The lowest BCUT2D eigenvalue weighted by atomic mass is 10.4. The Hall–Kier alpha value is -1.45. The molecule has 2 N–H and O–H groups in total. The van der Waals surface area contributed by atoms with Crippen LogP contribution in [0.2, 0.25) is 0 Å². The van der Waals surface area contributed by atoms with Crippen molar-refractivity contribution in [2.45, 2.75) is 12.8 Å². The number of anilines is 1. The number of hydrogen-bond donors (Lipinski definition) is 1. The molecule has 2 rings (SSSR count). The van der Waals surface area contributed by atoms with E-state index >= 15 is 0 Å². The van der Waals surface area contributed by atoms with Crippen molar-refractivity contribution in [3.63, 3.8) is 0 Å². The SMILES string of the molecule is Cn1cc(N)cc1C(=O)OCC1CC1. The van der Waals surface area contributed by atoms with Gasteiger partial charge >= 0.3 is 5.97 Å². The van der Waals surface area contributed by atoms with Gasteiger partial charge in [-0.2, -0.15) is 0 Å². The summed E-state index contributed by atoms with van der Waals surface area (Å²) >= 11 is 0. The molecule has 0 unspecified atom stereocenters. The van der Waals surface area contributed by atoms with Gasteiger partial charge < -0.3 is 15.0 Å². The number of ether oxygens (including phenoxy) is 1. The zero-order valence-corrected chi connectivity index (χ0v) is 8.19. The van der Waals surface area contributed by atoms with Crippen molar-refractivity contribution in [1.29, 1.82) is 0 Å². The van der Waals surface area contributed by atoms with Gasteiger partial charge in [0.2, 0.25) is 0 Å². The molecule has 0 saturated heterocycles. The van der Waals surface area contributed by atoms with Crippen LogP contribution in [0.25, 0.3) is 0 Å². The van der Waals surface area contributed by atoms with E-state index in [1.165, 1.54) is 12.8 Å². The maximum absolute atomic E-state index is 11.5. The number of esters is 1. The minimum atomic E-state index is -0.281. The second kappa shape index (κ2) is 3.36. The number of rotatable bonds is 3. The number of aryl methyl sites for hydroxylation is 1. The molecule has 1 aromatic heterocycles. The summed E-state index contributed by atoms with van der Waals surface area (Å²) in [6.07, 6.45) is 4.07. The average Bonchev–Trinajstić information content (AvgIpc) is 2.88. The average molecular weight is 194 g/mol. The maximum Gasteiger partial charge on any atom is 0.355 e. The predicted octanol–water partition coefficient (Wildman–Crippen LogP) is 1.17. The predicted molar refractivity (Wildman–Crippen MR) is 52.8 cm³/mol. The van der Waals surface area contributed by atoms with Crippen LogP contribution in [0.4, 0.5) is 5.69 Å². The molecule has 1 fully saturated rings. The molecule has 1 aromatic rings. The fraction of sp³-hybridized carbons (Fsp3) is 0.500. The molecule has 0 aromatic carbocycles. The van der Waals surface area contributed by atoms with Crippen molar-refractivity contribution >= 4 is 11.7 Å². The van der Waals surface area contributed by atoms with E-state index in [1.807, 2.05) is 0 Å². The monoisotopic (exact) mass is 194 g/mol. The lowest BCUT2D eigenvalue weighted by Crippen LogP contribution is -2.11. The molecule has 1 aliphatic rings. The first-order valence-corrected chi connectivity index (χ1v) is 4.76. The third-order valence-electron chi connectivity index (χ3n) is 2.38. The van der Waals surface area contributed by atoms with Gasteiger partial charge in [-0.3, -0.25) is 0 Å². The summed E-state index contributed by atoms with van der Waals surface area (Å²) in [5, 5.41) is 0. The van der Waals surface area contributed by atoms with Gasteiger partial charge in [0, 0.05) is 13.2 Å². The van der Waals surface area contributed by atoms with Crippen LogP contribution in [-0.2, 0) is 11.8 Å². The van der Waals surface area contributed by atoms with Gasteiger partial charge in [-0.15, -0.1) is 0 Å². The molecule has 0 amide bonds. The van der Waals surface area contributed by atoms with Gasteiger partial charge in [-0.25, -0.2) is 4.79 Å². The highest BCUT2D eigenvalue weighted by atomic mass is 16.5. The van der Waals surface area contributed by atoms with Gasteiger partial charge in [-0.05, 0) is 24.8 Å². The van der Waals surface area contributed by atoms with Crippen LogP contribution in [-0.4, -0.2) is 17.1 Å². The van der Waals surface area contributed by atoms with Crippen LogP contribution in [0, 0.1) is 5.92 Å². The molecular formula is C10H14N2O2. The van der Waals surface area contributed by atoms with E-state index in [4.69, 9.17) is 10.5 Å². The minimum Gasteiger partial charge on any atom is -0.461 e. The summed E-state index contributed by atoms with van der Waals surface area (Å²) in [5.41, 5.74) is 6.66. The van der Waals surface area contributed by atoms with Crippen molar-refractivity contribution in [1.82, 2.24) is 4.57 Å². The Morgan fingerprint density at radius 3 is 2.93 bits per heavy atom. The highest BCUT2D eigenvalue weighted by Gasteiger charge is 2.24. The number of nitrogens with zero attached hydrogens (tertiary/aromatic N) is 1. The van der Waals surface area contributed by atoms with E-state index < -0.39 is 0 Å². The third-order valence-corrected chi connectivity index (χ3v) is 2.38. The van der Waals surface area contributed by atoms with Crippen LogP contribution >= 0.6 is 0 Å². The van der Waals surface area contributed by atoms with Crippen molar-refractivity contribution < 1.29 is 9.53 Å². The zero-order valence-electron chi connectivity index (χ0n) is 8.19. The van der Waals surface area contributed by atoms with Gasteiger partial charge in [0.05, 0.1) is 12.3 Å². The van der Waals surface area contributed by atoms with Crippen LogP contribution in [0.15, 0.2) is 12.3 Å². The van der Waals surface area contributed by atoms with Gasteiger partial charge in [0.25, 0.3) is 0 Å². The Labute approximate surface area is 82.6 Å². The summed E-state index contributed by atoms with van der Waals surface area (Å²) in [4.78, 5) is 11.5. The fourth-order valence-electron chi connectivity index (χ4n) is 1.35. The number of carbonyl (C=O) groups is 1. The molecule has 4 heteroatoms. The quantitative estimate of drug-likeness (QED) is 0.735. The minimum absolute atomic E-state index is 0.281. The molecular weight excluding hydrogens is 180 g/mol. The summed E-state index contributed by atoms with van der Waals surface area (Å²) in [5.74, 6) is 0.313. The van der Waals surface area contributed by atoms with E-state index in [0.29, 0.717) is 23.9 Å². The second-order valence-electron chi connectivity index (χ2n) is 3.81. The summed E-state index contributed by atoms with van der Waals surface area (Å²) in [6.45, 7) is 0.546. The van der Waals surface area contributed by atoms with Crippen molar-refractivity contribution in [3.8, 4) is 0 Å². The highest BCUT2D eigenvalue weighted by Crippen LogP contribution is 2.29. The lowest BCUT2D eigenvalue weighted by Gasteiger charge is -2.03. The maximum atomic E-state index is 11.5. The number of nitrogens with two attached hydrogens (primary N) is 1. The molecule has 1 saturated carbocycles. The largest absolute Gasteiger partial charge is 0.461 e. The molecule has 1 aliphatic carbocycles. The normalized spacial score (nSPS) is 15.5. The fourth-order valence-corrected chi connectivity index (χ4v) is 1.35. The Morgan fingerprint density at radius 1 is 1.71 bits per heavy atom. The summed E-state index contributed by atoms with van der Waals surface area (Å²) in [6, 6.07) is 1.63. The van der Waals surface area contributed by atoms with Gasteiger partial charge in [0.1, 0.15) is 5.69 Å². The van der Waals surface area contributed by atoms with E-state index in [2.05, 4.69) is 0 Å². The lowest BCUT2D eigenvalue weighted by molar-refractivity contribution is 0.0475. The Morgan fingerprint density at radius 2 is 2.43 bits per heavy atom.